The molecular weight excluding hydrogens is 268 g/mol. The number of hydrogen-bond acceptors (Lipinski definition) is 5. The molecule has 0 spiro atoms. The number of anilines is 2. The molecule has 6 nitrogen and oxygen atoms in total. The third kappa shape index (κ3) is 3.68. The predicted octanol–water partition coefficient (Wildman–Crippen LogP) is 0.215. The Morgan fingerprint density at radius 1 is 1.32 bits per heavy atom. The molecule has 19 heavy (non-hydrogen) atoms. The lowest BCUT2D eigenvalue weighted by Gasteiger charge is -2.16. The second-order valence-corrected chi connectivity index (χ2v) is 6.81. The van der Waals surface area contributed by atoms with Gasteiger partial charge in [-0.1, -0.05) is 6.07 Å². The van der Waals surface area contributed by atoms with Gasteiger partial charge < -0.3 is 15.7 Å². The fourth-order valence-electron chi connectivity index (χ4n) is 2.07. The van der Waals surface area contributed by atoms with Crippen LogP contribution in [0, 0.1) is 0 Å². The van der Waals surface area contributed by atoms with Gasteiger partial charge >= 0.3 is 0 Å². The molecule has 1 aromatic carbocycles. The quantitative estimate of drug-likeness (QED) is 0.737. The Balaban J connectivity index is 2.09. The van der Waals surface area contributed by atoms with Crippen LogP contribution >= 0.6 is 0 Å². The summed E-state index contributed by atoms with van der Waals surface area (Å²) in [5.41, 5.74) is 1.28. The number of benzene rings is 1. The number of nitrogens with one attached hydrogen (secondary N) is 2. The number of carbonyl (C=O) groups is 1. The topological polar surface area (TPSA) is 95.5 Å². The van der Waals surface area contributed by atoms with E-state index in [2.05, 4.69) is 10.6 Å². The highest BCUT2D eigenvalue weighted by molar-refractivity contribution is 7.91. The summed E-state index contributed by atoms with van der Waals surface area (Å²) >= 11 is 0. The van der Waals surface area contributed by atoms with Crippen LogP contribution in [-0.2, 0) is 14.6 Å². The molecule has 0 aromatic heterocycles. The molecule has 1 fully saturated rings. The second kappa shape index (κ2) is 5.18. The molecule has 7 heteroatoms. The summed E-state index contributed by atoms with van der Waals surface area (Å²) in [6.45, 7) is 1.41. The number of amides is 1. The predicted molar refractivity (Wildman–Crippen MR) is 72.8 cm³/mol. The van der Waals surface area contributed by atoms with Gasteiger partial charge in [-0.3, -0.25) is 4.79 Å². The van der Waals surface area contributed by atoms with E-state index < -0.39 is 22.0 Å². The smallest absolute Gasteiger partial charge is 0.221 e. The van der Waals surface area contributed by atoms with Crippen LogP contribution in [0.1, 0.15) is 6.92 Å². The maximum atomic E-state index is 11.4. The van der Waals surface area contributed by atoms with E-state index in [4.69, 9.17) is 0 Å². The van der Waals surface area contributed by atoms with Gasteiger partial charge in [-0.15, -0.1) is 0 Å². The van der Waals surface area contributed by atoms with Crippen molar-refractivity contribution in [2.45, 2.75) is 19.1 Å². The van der Waals surface area contributed by atoms with E-state index in [9.17, 15) is 18.3 Å². The highest BCUT2D eigenvalue weighted by Crippen LogP contribution is 2.20. The third-order valence-corrected chi connectivity index (χ3v) is 4.57. The molecule has 3 N–H and O–H groups in total. The van der Waals surface area contributed by atoms with Crippen LogP contribution in [-0.4, -0.2) is 43.1 Å². The van der Waals surface area contributed by atoms with E-state index in [1.165, 1.54) is 6.92 Å². The minimum atomic E-state index is -3.18. The Morgan fingerprint density at radius 3 is 2.58 bits per heavy atom. The maximum absolute atomic E-state index is 11.4. The van der Waals surface area contributed by atoms with E-state index >= 15 is 0 Å². The van der Waals surface area contributed by atoms with Gasteiger partial charge in [-0.05, 0) is 18.2 Å². The minimum absolute atomic E-state index is 0.0848. The number of rotatable bonds is 3. The van der Waals surface area contributed by atoms with Gasteiger partial charge in [0.25, 0.3) is 0 Å². The minimum Gasteiger partial charge on any atom is -0.390 e. The molecule has 2 rings (SSSR count). The number of sulfone groups is 1. The first kappa shape index (κ1) is 13.8. The Labute approximate surface area is 111 Å². The van der Waals surface area contributed by atoms with Crippen LogP contribution in [0.4, 0.5) is 11.4 Å². The summed E-state index contributed by atoms with van der Waals surface area (Å²) in [5, 5.41) is 15.3. The van der Waals surface area contributed by atoms with Crippen molar-refractivity contribution in [3.63, 3.8) is 0 Å². The van der Waals surface area contributed by atoms with E-state index in [0.717, 1.165) is 0 Å². The zero-order valence-electron chi connectivity index (χ0n) is 10.5. The fourth-order valence-corrected chi connectivity index (χ4v) is 3.81. The molecule has 0 saturated carbocycles. The Hall–Kier alpha value is -1.60. The fraction of sp³-hybridized carbons (Fsp3) is 0.417. The van der Waals surface area contributed by atoms with Crippen molar-refractivity contribution in [3.8, 4) is 0 Å². The van der Waals surface area contributed by atoms with E-state index in [-0.39, 0.29) is 17.4 Å². The van der Waals surface area contributed by atoms with Crippen LogP contribution in [0.2, 0.25) is 0 Å². The van der Waals surface area contributed by atoms with Gasteiger partial charge in [-0.2, -0.15) is 0 Å². The number of aliphatic hydroxyl groups excluding tert-OH is 1. The maximum Gasteiger partial charge on any atom is 0.221 e. The van der Waals surface area contributed by atoms with Gasteiger partial charge in [0, 0.05) is 18.3 Å². The van der Waals surface area contributed by atoms with Crippen molar-refractivity contribution in [2.75, 3.05) is 22.1 Å². The van der Waals surface area contributed by atoms with Gasteiger partial charge in [-0.25, -0.2) is 8.42 Å². The molecule has 0 aliphatic carbocycles. The van der Waals surface area contributed by atoms with Gasteiger partial charge in [0.2, 0.25) is 5.91 Å². The van der Waals surface area contributed by atoms with Crippen molar-refractivity contribution in [1.29, 1.82) is 0 Å². The Kier molecular flexibility index (Phi) is 3.77. The van der Waals surface area contributed by atoms with Crippen molar-refractivity contribution in [2.24, 2.45) is 0 Å². The lowest BCUT2D eigenvalue weighted by Crippen LogP contribution is -2.31. The first-order valence-electron chi connectivity index (χ1n) is 5.88. The molecular formula is C12H16N2O4S. The molecule has 0 bridgehead atoms. The van der Waals surface area contributed by atoms with Crippen molar-refractivity contribution in [3.05, 3.63) is 24.3 Å². The molecule has 2 atom stereocenters. The number of carbonyl (C=O) groups excluding carboxylic acids is 1. The van der Waals surface area contributed by atoms with E-state index in [0.29, 0.717) is 11.4 Å². The van der Waals surface area contributed by atoms with E-state index in [1.807, 2.05) is 0 Å². The summed E-state index contributed by atoms with van der Waals surface area (Å²) in [5.74, 6) is -0.477. The van der Waals surface area contributed by atoms with Crippen LogP contribution in [0.5, 0.6) is 0 Å². The Morgan fingerprint density at radius 2 is 2.00 bits per heavy atom. The molecule has 104 valence electrons. The average Bonchev–Trinajstić information content (AvgIpc) is 2.51. The van der Waals surface area contributed by atoms with Crippen LogP contribution < -0.4 is 10.6 Å². The zero-order valence-corrected chi connectivity index (χ0v) is 11.3. The molecule has 1 amide bonds. The first-order valence-corrected chi connectivity index (χ1v) is 7.70. The summed E-state index contributed by atoms with van der Waals surface area (Å²) in [4.78, 5) is 11.0. The van der Waals surface area contributed by atoms with Crippen LogP contribution in [0.15, 0.2) is 24.3 Å². The Bertz CT molecular complexity index is 585. The van der Waals surface area contributed by atoms with Crippen molar-refractivity contribution in [1.82, 2.24) is 0 Å². The first-order chi connectivity index (χ1) is 8.85. The zero-order chi connectivity index (χ0) is 14.0. The SMILES string of the molecule is CC(=O)Nc1cccc(N[C@@H]2CS(=O)(=O)C[C@H]2O)c1. The molecule has 1 aromatic rings. The van der Waals surface area contributed by atoms with Crippen LogP contribution in [0.3, 0.4) is 0 Å². The summed E-state index contributed by atoms with van der Waals surface area (Å²) in [6.07, 6.45) is -0.908. The second-order valence-electron chi connectivity index (χ2n) is 4.66. The molecule has 1 saturated heterocycles. The summed E-state index contributed by atoms with van der Waals surface area (Å²) in [7, 11) is -3.18. The largest absolute Gasteiger partial charge is 0.390 e. The molecule has 0 radical (unpaired) electrons. The lowest BCUT2D eigenvalue weighted by molar-refractivity contribution is -0.114. The third-order valence-electron chi connectivity index (χ3n) is 2.86. The number of hydrogen-bond donors (Lipinski definition) is 3. The summed E-state index contributed by atoms with van der Waals surface area (Å²) < 4.78 is 22.8. The summed E-state index contributed by atoms with van der Waals surface area (Å²) in [6, 6.07) is 6.40. The standard InChI is InChI=1S/C12H16N2O4S/c1-8(15)13-9-3-2-4-10(5-9)14-11-6-19(17,18)7-12(11)16/h2-5,11-12,14,16H,6-7H2,1H3,(H,13,15)/t11-,12-/m1/s1. The average molecular weight is 284 g/mol. The van der Waals surface area contributed by atoms with Gasteiger partial charge in [0.05, 0.1) is 23.7 Å². The molecule has 1 heterocycles. The van der Waals surface area contributed by atoms with Crippen LogP contribution in [0.25, 0.3) is 0 Å². The monoisotopic (exact) mass is 284 g/mol. The highest BCUT2D eigenvalue weighted by atomic mass is 32.2. The molecule has 1 aliphatic heterocycles. The lowest BCUT2D eigenvalue weighted by atomic mass is 10.2. The van der Waals surface area contributed by atoms with Gasteiger partial charge in [0.15, 0.2) is 9.84 Å². The number of aliphatic hydroxyl groups is 1. The van der Waals surface area contributed by atoms with E-state index in [1.54, 1.807) is 24.3 Å². The normalized spacial score (nSPS) is 24.9. The highest BCUT2D eigenvalue weighted by Gasteiger charge is 2.36. The van der Waals surface area contributed by atoms with Crippen molar-refractivity contribution >= 4 is 27.1 Å². The molecule has 1 aliphatic rings. The van der Waals surface area contributed by atoms with Gasteiger partial charge in [0.1, 0.15) is 0 Å². The molecule has 0 unspecified atom stereocenters. The van der Waals surface area contributed by atoms with Crippen molar-refractivity contribution < 1.29 is 18.3 Å².